The maximum atomic E-state index is 12.1. The van der Waals surface area contributed by atoms with Crippen LogP contribution in [0.3, 0.4) is 0 Å². The van der Waals surface area contributed by atoms with Gasteiger partial charge in [0.05, 0.1) is 18.6 Å². The van der Waals surface area contributed by atoms with Gasteiger partial charge in [0.25, 0.3) is 0 Å². The smallest absolute Gasteiger partial charge is 0.338 e. The van der Waals surface area contributed by atoms with E-state index in [0.29, 0.717) is 5.76 Å². The molecule has 1 aromatic carbocycles. The third kappa shape index (κ3) is 2.78. The molecule has 1 aliphatic heterocycles. The fourth-order valence-electron chi connectivity index (χ4n) is 2.28. The second-order valence-electron chi connectivity index (χ2n) is 4.44. The van der Waals surface area contributed by atoms with Crippen molar-refractivity contribution in [3.8, 4) is 6.07 Å². The van der Waals surface area contributed by atoms with Crippen molar-refractivity contribution in [3.05, 3.63) is 57.1 Å². The van der Waals surface area contributed by atoms with Crippen LogP contribution in [-0.2, 0) is 14.3 Å². The summed E-state index contributed by atoms with van der Waals surface area (Å²) in [5.41, 5.74) is 7.02. The van der Waals surface area contributed by atoms with Crippen LogP contribution in [0, 0.1) is 11.3 Å². The van der Waals surface area contributed by atoms with Crippen LogP contribution in [0.15, 0.2) is 51.5 Å². The van der Waals surface area contributed by atoms with Crippen molar-refractivity contribution in [2.24, 2.45) is 5.73 Å². The summed E-state index contributed by atoms with van der Waals surface area (Å²) in [5, 5.41) is 9.37. The summed E-state index contributed by atoms with van der Waals surface area (Å²) < 4.78 is 11.0. The van der Waals surface area contributed by atoms with Gasteiger partial charge in [-0.15, -0.1) is 0 Å². The summed E-state index contributed by atoms with van der Waals surface area (Å²) in [6.07, 6.45) is 0. The van der Waals surface area contributed by atoms with Crippen LogP contribution >= 0.6 is 15.9 Å². The summed E-state index contributed by atoms with van der Waals surface area (Å²) in [6.45, 7) is 1.62. The molecule has 0 radical (unpaired) electrons. The standard InChI is InChI=1S/C15H13BrN2O3/c1-8-12(15(19)20-2)13(11(7-17)14(18)21-8)9-4-3-5-10(16)6-9/h3-6,13H,18H2,1-2H3. The number of hydrogen-bond donors (Lipinski definition) is 1. The highest BCUT2D eigenvalue weighted by atomic mass is 79.9. The van der Waals surface area contributed by atoms with Gasteiger partial charge in [0, 0.05) is 4.47 Å². The predicted molar refractivity (Wildman–Crippen MR) is 79.5 cm³/mol. The molecule has 0 aromatic heterocycles. The Labute approximate surface area is 130 Å². The molecule has 0 spiro atoms. The Morgan fingerprint density at radius 3 is 2.81 bits per heavy atom. The van der Waals surface area contributed by atoms with Crippen molar-refractivity contribution in [2.45, 2.75) is 12.8 Å². The zero-order valence-electron chi connectivity index (χ0n) is 11.5. The monoisotopic (exact) mass is 348 g/mol. The number of rotatable bonds is 2. The summed E-state index contributed by atoms with van der Waals surface area (Å²) >= 11 is 3.38. The Balaban J connectivity index is 2.66. The Morgan fingerprint density at radius 1 is 1.52 bits per heavy atom. The molecule has 108 valence electrons. The minimum absolute atomic E-state index is 0.00706. The molecule has 0 fully saturated rings. The molecule has 1 aromatic rings. The van der Waals surface area contributed by atoms with Crippen LogP contribution < -0.4 is 5.73 Å². The third-order valence-corrected chi connectivity index (χ3v) is 3.69. The van der Waals surface area contributed by atoms with Gasteiger partial charge in [0.15, 0.2) is 0 Å². The second kappa shape index (κ2) is 6.02. The van der Waals surface area contributed by atoms with Gasteiger partial charge in [0.1, 0.15) is 17.4 Å². The first-order chi connectivity index (χ1) is 9.99. The average Bonchev–Trinajstić information content (AvgIpc) is 2.45. The van der Waals surface area contributed by atoms with Crippen LogP contribution in [0.25, 0.3) is 0 Å². The maximum Gasteiger partial charge on any atom is 0.338 e. The minimum atomic E-state index is -0.603. The first kappa shape index (κ1) is 15.1. The molecule has 0 bridgehead atoms. The molecule has 1 unspecified atom stereocenters. The van der Waals surface area contributed by atoms with Gasteiger partial charge in [-0.05, 0) is 24.6 Å². The van der Waals surface area contributed by atoms with Crippen LogP contribution in [-0.4, -0.2) is 13.1 Å². The van der Waals surface area contributed by atoms with Crippen LogP contribution in [0.4, 0.5) is 0 Å². The van der Waals surface area contributed by atoms with Gasteiger partial charge in [-0.25, -0.2) is 4.79 Å². The van der Waals surface area contributed by atoms with Crippen LogP contribution in [0.5, 0.6) is 0 Å². The fraction of sp³-hybridized carbons (Fsp3) is 0.200. The van der Waals surface area contributed by atoms with Gasteiger partial charge < -0.3 is 15.2 Å². The minimum Gasteiger partial charge on any atom is -0.466 e. The topological polar surface area (TPSA) is 85.3 Å². The Hall–Kier alpha value is -2.26. The number of nitrogens with zero attached hydrogens (tertiary/aromatic N) is 1. The third-order valence-electron chi connectivity index (χ3n) is 3.19. The van der Waals surface area contributed by atoms with Crippen molar-refractivity contribution in [1.82, 2.24) is 0 Å². The molecule has 1 heterocycles. The summed E-state index contributed by atoms with van der Waals surface area (Å²) in [7, 11) is 1.29. The number of hydrogen-bond acceptors (Lipinski definition) is 5. The Bertz CT molecular complexity index is 701. The van der Waals surface area contributed by atoms with Gasteiger partial charge in [-0.3, -0.25) is 0 Å². The molecular formula is C15H13BrN2O3. The predicted octanol–water partition coefficient (Wildman–Crippen LogP) is 2.70. The Kier molecular flexibility index (Phi) is 4.34. The molecule has 0 saturated carbocycles. The number of ether oxygens (including phenoxy) is 2. The van der Waals surface area contributed by atoms with E-state index in [2.05, 4.69) is 15.9 Å². The van der Waals surface area contributed by atoms with E-state index in [-0.39, 0.29) is 17.0 Å². The normalized spacial score (nSPS) is 18.1. The number of nitrogens with two attached hydrogens (primary N) is 1. The highest BCUT2D eigenvalue weighted by Gasteiger charge is 2.35. The lowest BCUT2D eigenvalue weighted by molar-refractivity contribution is -0.136. The molecule has 21 heavy (non-hydrogen) atoms. The number of esters is 1. The number of carbonyl (C=O) groups is 1. The van der Waals surface area contributed by atoms with E-state index in [0.717, 1.165) is 10.0 Å². The number of halogens is 1. The van der Waals surface area contributed by atoms with E-state index in [1.807, 2.05) is 30.3 Å². The lowest BCUT2D eigenvalue weighted by Gasteiger charge is -2.26. The first-order valence-electron chi connectivity index (χ1n) is 6.11. The van der Waals surface area contributed by atoms with Crippen molar-refractivity contribution in [1.29, 1.82) is 5.26 Å². The second-order valence-corrected chi connectivity index (χ2v) is 5.36. The van der Waals surface area contributed by atoms with Crippen molar-refractivity contribution >= 4 is 21.9 Å². The molecule has 0 amide bonds. The van der Waals surface area contributed by atoms with E-state index in [1.165, 1.54) is 7.11 Å². The van der Waals surface area contributed by atoms with E-state index in [4.69, 9.17) is 15.2 Å². The zero-order valence-corrected chi connectivity index (χ0v) is 13.1. The van der Waals surface area contributed by atoms with Gasteiger partial charge in [-0.1, -0.05) is 28.1 Å². The number of methoxy groups -OCH3 is 1. The lowest BCUT2D eigenvalue weighted by Crippen LogP contribution is -2.25. The van der Waals surface area contributed by atoms with Crippen LogP contribution in [0.2, 0.25) is 0 Å². The molecular weight excluding hydrogens is 336 g/mol. The summed E-state index contributed by atoms with van der Waals surface area (Å²) in [6, 6.07) is 9.36. The van der Waals surface area contributed by atoms with E-state index in [1.54, 1.807) is 6.92 Å². The molecule has 0 aliphatic carbocycles. The quantitative estimate of drug-likeness (QED) is 0.830. The molecule has 1 aliphatic rings. The van der Waals surface area contributed by atoms with Gasteiger partial charge in [0.2, 0.25) is 5.88 Å². The van der Waals surface area contributed by atoms with Gasteiger partial charge in [-0.2, -0.15) is 5.26 Å². The number of allylic oxidation sites excluding steroid dienone is 2. The molecule has 2 rings (SSSR count). The highest BCUT2D eigenvalue weighted by Crippen LogP contribution is 2.39. The van der Waals surface area contributed by atoms with Crippen molar-refractivity contribution in [3.63, 3.8) is 0 Å². The average molecular weight is 349 g/mol. The largest absolute Gasteiger partial charge is 0.466 e. The molecule has 2 N–H and O–H groups in total. The molecule has 5 nitrogen and oxygen atoms in total. The number of carbonyl (C=O) groups excluding carboxylic acids is 1. The van der Waals surface area contributed by atoms with Crippen LogP contribution in [0.1, 0.15) is 18.4 Å². The Morgan fingerprint density at radius 2 is 2.24 bits per heavy atom. The maximum absolute atomic E-state index is 12.1. The summed E-state index contributed by atoms with van der Waals surface area (Å²) in [5.74, 6) is -0.803. The number of nitriles is 1. The van der Waals surface area contributed by atoms with E-state index < -0.39 is 11.9 Å². The van der Waals surface area contributed by atoms with Crippen molar-refractivity contribution < 1.29 is 14.3 Å². The van der Waals surface area contributed by atoms with E-state index >= 15 is 0 Å². The van der Waals surface area contributed by atoms with E-state index in [9.17, 15) is 10.1 Å². The van der Waals surface area contributed by atoms with Gasteiger partial charge >= 0.3 is 5.97 Å². The van der Waals surface area contributed by atoms with Crippen molar-refractivity contribution in [2.75, 3.05) is 7.11 Å². The molecule has 1 atom stereocenters. The zero-order chi connectivity index (χ0) is 15.6. The SMILES string of the molecule is COC(=O)C1=C(C)OC(N)=C(C#N)C1c1cccc(Br)c1. The first-order valence-corrected chi connectivity index (χ1v) is 6.91. The summed E-state index contributed by atoms with van der Waals surface area (Å²) in [4.78, 5) is 12.1. The highest BCUT2D eigenvalue weighted by molar-refractivity contribution is 9.10. The molecule has 6 heteroatoms. The molecule has 0 saturated heterocycles. The fourth-order valence-corrected chi connectivity index (χ4v) is 2.69. The number of benzene rings is 1. The lowest BCUT2D eigenvalue weighted by atomic mass is 9.83.